The number of aldehydes is 1. The van der Waals surface area contributed by atoms with Gasteiger partial charge in [-0.1, -0.05) is 73.9 Å². The molecule has 1 aromatic rings. The average Bonchev–Trinajstić information content (AvgIpc) is 2.46. The van der Waals surface area contributed by atoms with Gasteiger partial charge in [0.25, 0.3) is 0 Å². The predicted octanol–water partition coefficient (Wildman–Crippen LogP) is 4.00. The molecule has 1 aliphatic rings. The third-order valence-electron chi connectivity index (χ3n) is 4.77. The fourth-order valence-electron chi connectivity index (χ4n) is 3.37. The molecule has 0 atom stereocenters. The second kappa shape index (κ2) is 6.51. The SMILES string of the molecule is CC(C)CC[Si]1(c2ccccc2)CCC(C=O)CC1. The van der Waals surface area contributed by atoms with Gasteiger partial charge in [-0.05, 0) is 18.8 Å². The van der Waals surface area contributed by atoms with E-state index < -0.39 is 8.07 Å². The van der Waals surface area contributed by atoms with Crippen molar-refractivity contribution in [1.29, 1.82) is 0 Å². The summed E-state index contributed by atoms with van der Waals surface area (Å²) in [5.74, 6) is 1.13. The lowest BCUT2D eigenvalue weighted by Gasteiger charge is -2.38. The van der Waals surface area contributed by atoms with Crippen LogP contribution in [0.3, 0.4) is 0 Å². The molecule has 0 spiro atoms. The molecule has 0 bridgehead atoms. The fraction of sp³-hybridized carbons (Fsp3) is 0.588. The van der Waals surface area contributed by atoms with Crippen molar-refractivity contribution in [2.24, 2.45) is 11.8 Å². The van der Waals surface area contributed by atoms with E-state index in [9.17, 15) is 4.79 Å². The smallest absolute Gasteiger partial charge is 0.123 e. The highest BCUT2D eigenvalue weighted by Crippen LogP contribution is 2.35. The van der Waals surface area contributed by atoms with Crippen molar-refractivity contribution in [3.05, 3.63) is 30.3 Å². The molecule has 0 N–H and O–H groups in total. The quantitative estimate of drug-likeness (QED) is 0.586. The zero-order valence-corrected chi connectivity index (χ0v) is 13.3. The van der Waals surface area contributed by atoms with E-state index in [0.717, 1.165) is 18.8 Å². The Morgan fingerprint density at radius 1 is 1.21 bits per heavy atom. The largest absolute Gasteiger partial charge is 0.303 e. The van der Waals surface area contributed by atoms with Crippen LogP contribution in [0, 0.1) is 11.8 Å². The first-order valence-electron chi connectivity index (χ1n) is 7.67. The van der Waals surface area contributed by atoms with Gasteiger partial charge < -0.3 is 4.79 Å². The van der Waals surface area contributed by atoms with E-state index in [1.165, 1.54) is 30.8 Å². The highest BCUT2D eigenvalue weighted by atomic mass is 28.3. The topological polar surface area (TPSA) is 17.1 Å². The second-order valence-corrected chi connectivity index (χ2v) is 11.2. The van der Waals surface area contributed by atoms with Crippen LogP contribution < -0.4 is 5.19 Å². The van der Waals surface area contributed by atoms with Crippen LogP contribution in [0.2, 0.25) is 18.1 Å². The van der Waals surface area contributed by atoms with E-state index in [-0.39, 0.29) is 0 Å². The average molecular weight is 274 g/mol. The van der Waals surface area contributed by atoms with E-state index in [2.05, 4.69) is 44.2 Å². The Hall–Kier alpha value is -0.893. The summed E-state index contributed by atoms with van der Waals surface area (Å²) in [6.45, 7) is 4.65. The zero-order valence-electron chi connectivity index (χ0n) is 12.3. The molecule has 0 aromatic heterocycles. The van der Waals surface area contributed by atoms with Gasteiger partial charge >= 0.3 is 0 Å². The summed E-state index contributed by atoms with van der Waals surface area (Å²) in [6.07, 6.45) is 4.78. The number of hydrogen-bond donors (Lipinski definition) is 0. The summed E-state index contributed by atoms with van der Waals surface area (Å²) in [7, 11) is -1.34. The van der Waals surface area contributed by atoms with Crippen LogP contribution in [0.25, 0.3) is 0 Å². The molecule has 1 saturated heterocycles. The zero-order chi connectivity index (χ0) is 13.7. The molecule has 0 unspecified atom stereocenters. The summed E-state index contributed by atoms with van der Waals surface area (Å²) in [5, 5.41) is 1.62. The predicted molar refractivity (Wildman–Crippen MR) is 84.5 cm³/mol. The normalized spacial score (nSPS) is 27.4. The summed E-state index contributed by atoms with van der Waals surface area (Å²) >= 11 is 0. The summed E-state index contributed by atoms with van der Waals surface area (Å²) < 4.78 is 0. The van der Waals surface area contributed by atoms with Crippen molar-refractivity contribution in [3.8, 4) is 0 Å². The molecule has 19 heavy (non-hydrogen) atoms. The van der Waals surface area contributed by atoms with Crippen LogP contribution in [0.15, 0.2) is 30.3 Å². The molecule has 104 valence electrons. The first-order valence-corrected chi connectivity index (χ1v) is 10.3. The molecule has 1 heterocycles. The van der Waals surface area contributed by atoms with Gasteiger partial charge in [0, 0.05) is 5.92 Å². The highest BCUT2D eigenvalue weighted by molar-refractivity contribution is 6.92. The number of benzene rings is 1. The Kier molecular flexibility index (Phi) is 4.97. The van der Waals surface area contributed by atoms with Crippen LogP contribution >= 0.6 is 0 Å². The first kappa shape index (κ1) is 14.5. The number of hydrogen-bond acceptors (Lipinski definition) is 1. The van der Waals surface area contributed by atoms with Crippen molar-refractivity contribution in [2.45, 2.75) is 51.2 Å². The minimum absolute atomic E-state index is 0.336. The lowest BCUT2D eigenvalue weighted by molar-refractivity contribution is -0.111. The summed E-state index contributed by atoms with van der Waals surface area (Å²) in [6, 6.07) is 15.2. The van der Waals surface area contributed by atoms with E-state index in [4.69, 9.17) is 0 Å². The minimum atomic E-state index is -1.34. The Balaban J connectivity index is 2.17. The molecule has 2 heteroatoms. The Morgan fingerprint density at radius 3 is 2.37 bits per heavy atom. The van der Waals surface area contributed by atoms with Gasteiger partial charge in [0.15, 0.2) is 0 Å². The van der Waals surface area contributed by atoms with E-state index >= 15 is 0 Å². The van der Waals surface area contributed by atoms with Gasteiger partial charge in [-0.2, -0.15) is 0 Å². The lowest BCUT2D eigenvalue weighted by atomic mass is 10.1. The fourth-order valence-corrected chi connectivity index (χ4v) is 8.86. The summed E-state index contributed by atoms with van der Waals surface area (Å²) in [4.78, 5) is 11.0. The number of rotatable bonds is 5. The monoisotopic (exact) mass is 274 g/mol. The van der Waals surface area contributed by atoms with Gasteiger partial charge in [0.2, 0.25) is 0 Å². The molecule has 1 aromatic carbocycles. The number of carbonyl (C=O) groups excluding carboxylic acids is 1. The van der Waals surface area contributed by atoms with Crippen molar-refractivity contribution in [3.63, 3.8) is 0 Å². The van der Waals surface area contributed by atoms with Crippen LogP contribution in [-0.2, 0) is 4.79 Å². The maximum absolute atomic E-state index is 11.0. The Bertz CT molecular complexity index is 391. The van der Waals surface area contributed by atoms with Crippen LogP contribution in [0.1, 0.15) is 33.1 Å². The first-order chi connectivity index (χ1) is 9.16. The molecular weight excluding hydrogens is 248 g/mol. The third-order valence-corrected chi connectivity index (χ3v) is 10.1. The van der Waals surface area contributed by atoms with Crippen molar-refractivity contribution in [2.75, 3.05) is 0 Å². The third kappa shape index (κ3) is 3.56. The lowest BCUT2D eigenvalue weighted by Crippen LogP contribution is -2.50. The van der Waals surface area contributed by atoms with Gasteiger partial charge in [-0.15, -0.1) is 0 Å². The molecular formula is C17H26OSi. The molecule has 1 aliphatic heterocycles. The van der Waals surface area contributed by atoms with E-state index in [1.54, 1.807) is 5.19 Å². The highest BCUT2D eigenvalue weighted by Gasteiger charge is 2.38. The summed E-state index contributed by atoms with van der Waals surface area (Å²) in [5.41, 5.74) is 0. The van der Waals surface area contributed by atoms with Crippen LogP contribution in [-0.4, -0.2) is 14.4 Å². The molecule has 1 fully saturated rings. The van der Waals surface area contributed by atoms with Crippen molar-refractivity contribution in [1.82, 2.24) is 0 Å². The molecule has 0 amide bonds. The molecule has 0 radical (unpaired) electrons. The number of carbonyl (C=O) groups is 1. The van der Waals surface area contributed by atoms with Gasteiger partial charge in [-0.3, -0.25) is 0 Å². The molecule has 2 rings (SSSR count). The van der Waals surface area contributed by atoms with Gasteiger partial charge in [-0.25, -0.2) is 0 Å². The van der Waals surface area contributed by atoms with Gasteiger partial charge in [0.05, 0.1) is 8.07 Å². The van der Waals surface area contributed by atoms with E-state index in [1.807, 2.05) is 0 Å². The van der Waals surface area contributed by atoms with E-state index in [0.29, 0.717) is 5.92 Å². The Labute approximate surface area is 118 Å². The Morgan fingerprint density at radius 2 is 1.84 bits per heavy atom. The van der Waals surface area contributed by atoms with Crippen molar-refractivity contribution < 1.29 is 4.79 Å². The van der Waals surface area contributed by atoms with Gasteiger partial charge in [0.1, 0.15) is 6.29 Å². The standard InChI is InChI=1S/C17H26OSi/c1-15(2)8-11-19(17-6-4-3-5-7-17)12-9-16(14-18)10-13-19/h3-7,14-16H,8-13H2,1-2H3. The van der Waals surface area contributed by atoms with Crippen LogP contribution in [0.4, 0.5) is 0 Å². The second-order valence-electron chi connectivity index (χ2n) is 6.55. The molecule has 0 aliphatic carbocycles. The van der Waals surface area contributed by atoms with Crippen LogP contribution in [0.5, 0.6) is 0 Å². The maximum atomic E-state index is 11.0. The molecule has 1 nitrogen and oxygen atoms in total. The van der Waals surface area contributed by atoms with Crippen molar-refractivity contribution >= 4 is 19.5 Å². The maximum Gasteiger partial charge on any atom is 0.123 e. The molecule has 0 saturated carbocycles. The minimum Gasteiger partial charge on any atom is -0.303 e.